The molecule has 86 valence electrons. The molecule has 0 spiro atoms. The number of halogens is 2. The van der Waals surface area contributed by atoms with Crippen molar-refractivity contribution in [2.24, 2.45) is 0 Å². The summed E-state index contributed by atoms with van der Waals surface area (Å²) in [5, 5.41) is -0.824. The number of hydrogen-bond donors (Lipinski definition) is 2. The molecule has 15 heavy (non-hydrogen) atoms. The minimum atomic E-state index is -4.73. The monoisotopic (exact) mass is 312 g/mol. The summed E-state index contributed by atoms with van der Waals surface area (Å²) < 4.78 is 58.8. The fourth-order valence-electron chi connectivity index (χ4n) is 0.732. The number of hydrogen-bond acceptors (Lipinski definition) is 5. The highest BCUT2D eigenvalue weighted by Crippen LogP contribution is 2.41. The minimum Gasteiger partial charge on any atom is -0.282 e. The first-order chi connectivity index (χ1) is 6.55. The molecule has 0 radical (unpaired) electrons. The van der Waals surface area contributed by atoms with E-state index in [1.165, 1.54) is 0 Å². The third-order valence-electron chi connectivity index (χ3n) is 1.23. The fraction of sp³-hybridized carbons (Fsp3) is 0. The molecule has 0 aliphatic carbocycles. The van der Waals surface area contributed by atoms with Gasteiger partial charge in [0.05, 0.1) is 5.02 Å². The molecule has 0 unspecified atom stereocenters. The normalized spacial score (nSPS) is 13.1. The van der Waals surface area contributed by atoms with E-state index in [2.05, 4.69) is 0 Å². The van der Waals surface area contributed by atoms with Crippen LogP contribution in [0.25, 0.3) is 0 Å². The highest BCUT2D eigenvalue weighted by molar-refractivity contribution is 7.89. The molecule has 6 nitrogen and oxygen atoms in total. The lowest BCUT2D eigenvalue weighted by Crippen LogP contribution is -1.99. The molecule has 0 atom stereocenters. The molecule has 11 heteroatoms. The SMILES string of the molecule is O=S(=O)(O)c1sc(Cl)c(S(=O)(=O)O)c1Cl. The van der Waals surface area contributed by atoms with Gasteiger partial charge < -0.3 is 0 Å². The molecule has 0 bridgehead atoms. The van der Waals surface area contributed by atoms with E-state index in [0.717, 1.165) is 0 Å². The summed E-state index contributed by atoms with van der Waals surface area (Å²) in [5.74, 6) is 0. The van der Waals surface area contributed by atoms with Crippen LogP contribution in [0.1, 0.15) is 0 Å². The van der Waals surface area contributed by atoms with E-state index in [1.807, 2.05) is 0 Å². The summed E-state index contributed by atoms with van der Waals surface area (Å²) >= 11 is 10.9. The Labute approximate surface area is 98.9 Å². The molecular formula is C4H2Cl2O6S3. The van der Waals surface area contributed by atoms with Crippen LogP contribution in [0.5, 0.6) is 0 Å². The van der Waals surface area contributed by atoms with Crippen molar-refractivity contribution < 1.29 is 25.9 Å². The van der Waals surface area contributed by atoms with Crippen molar-refractivity contribution in [2.45, 2.75) is 9.10 Å². The predicted octanol–water partition coefficient (Wildman–Crippen LogP) is 1.55. The first kappa shape index (κ1) is 13.2. The van der Waals surface area contributed by atoms with Gasteiger partial charge in [-0.25, -0.2) is 0 Å². The Kier molecular flexibility index (Phi) is 3.37. The summed E-state index contributed by atoms with van der Waals surface area (Å²) in [6.07, 6.45) is 0. The Morgan fingerprint density at radius 2 is 1.47 bits per heavy atom. The Morgan fingerprint density at radius 1 is 1.00 bits per heavy atom. The Bertz CT molecular complexity index is 597. The number of thiophene rings is 1. The smallest absolute Gasteiger partial charge is 0.282 e. The average Bonchev–Trinajstić information content (AvgIpc) is 2.22. The Balaban J connectivity index is 3.70. The van der Waals surface area contributed by atoms with E-state index in [4.69, 9.17) is 32.3 Å². The van der Waals surface area contributed by atoms with Crippen molar-refractivity contribution in [3.8, 4) is 0 Å². The van der Waals surface area contributed by atoms with Gasteiger partial charge >= 0.3 is 10.1 Å². The van der Waals surface area contributed by atoms with Gasteiger partial charge in [0, 0.05) is 0 Å². The van der Waals surface area contributed by atoms with Gasteiger partial charge in [-0.05, 0) is 0 Å². The number of rotatable bonds is 2. The summed E-state index contributed by atoms with van der Waals surface area (Å²) in [4.78, 5) is -0.927. The van der Waals surface area contributed by atoms with E-state index < -0.39 is 38.7 Å². The van der Waals surface area contributed by atoms with Crippen LogP contribution in [0.3, 0.4) is 0 Å². The lowest BCUT2D eigenvalue weighted by molar-refractivity contribution is 0.483. The zero-order valence-electron chi connectivity index (χ0n) is 6.51. The van der Waals surface area contributed by atoms with Crippen molar-refractivity contribution in [3.05, 3.63) is 9.36 Å². The van der Waals surface area contributed by atoms with Crippen molar-refractivity contribution in [2.75, 3.05) is 0 Å². The Hall–Kier alpha value is 0.1000. The molecule has 0 aliphatic heterocycles. The molecular weight excluding hydrogens is 311 g/mol. The maximum absolute atomic E-state index is 10.7. The van der Waals surface area contributed by atoms with Crippen molar-refractivity contribution in [1.82, 2.24) is 0 Å². The van der Waals surface area contributed by atoms with Gasteiger partial charge in [0.15, 0.2) is 4.21 Å². The molecule has 1 rings (SSSR count). The molecule has 0 fully saturated rings. The minimum absolute atomic E-state index is 0.231. The van der Waals surface area contributed by atoms with Gasteiger partial charge in [0.2, 0.25) is 0 Å². The third kappa shape index (κ3) is 2.61. The van der Waals surface area contributed by atoms with E-state index in [-0.39, 0.29) is 11.3 Å². The molecule has 0 amide bonds. The average molecular weight is 313 g/mol. The molecule has 0 aliphatic rings. The second-order valence-corrected chi connectivity index (χ2v) is 7.23. The van der Waals surface area contributed by atoms with Crippen LogP contribution in [0.4, 0.5) is 0 Å². The van der Waals surface area contributed by atoms with Gasteiger partial charge in [0.25, 0.3) is 10.1 Å². The molecule has 1 heterocycles. The quantitative estimate of drug-likeness (QED) is 0.802. The fourth-order valence-corrected chi connectivity index (χ4v) is 5.04. The summed E-state index contributed by atoms with van der Waals surface area (Å²) in [6.45, 7) is 0. The zero-order valence-corrected chi connectivity index (χ0v) is 10.5. The van der Waals surface area contributed by atoms with E-state index in [1.54, 1.807) is 0 Å². The van der Waals surface area contributed by atoms with Gasteiger partial charge in [-0.1, -0.05) is 23.2 Å². The van der Waals surface area contributed by atoms with Gasteiger partial charge in [-0.3, -0.25) is 9.11 Å². The Morgan fingerprint density at radius 3 is 1.67 bits per heavy atom. The lowest BCUT2D eigenvalue weighted by atomic mass is 10.6. The van der Waals surface area contributed by atoms with Crippen LogP contribution in [-0.2, 0) is 20.2 Å². The van der Waals surface area contributed by atoms with E-state index >= 15 is 0 Å². The highest BCUT2D eigenvalue weighted by atomic mass is 35.5. The van der Waals surface area contributed by atoms with Crippen molar-refractivity contribution >= 4 is 54.8 Å². The second kappa shape index (κ2) is 3.84. The van der Waals surface area contributed by atoms with Crippen LogP contribution in [0.2, 0.25) is 9.36 Å². The van der Waals surface area contributed by atoms with E-state index in [0.29, 0.717) is 0 Å². The molecule has 1 aromatic heterocycles. The first-order valence-electron chi connectivity index (χ1n) is 2.98. The second-order valence-electron chi connectivity index (χ2n) is 2.26. The molecule has 0 saturated heterocycles. The molecule has 0 aromatic carbocycles. The van der Waals surface area contributed by atoms with Gasteiger partial charge in [-0.15, -0.1) is 11.3 Å². The maximum atomic E-state index is 10.7. The van der Waals surface area contributed by atoms with Crippen LogP contribution < -0.4 is 0 Å². The predicted molar refractivity (Wildman–Crippen MR) is 54.0 cm³/mol. The largest absolute Gasteiger partial charge is 0.305 e. The third-order valence-corrected chi connectivity index (χ3v) is 5.86. The van der Waals surface area contributed by atoms with Crippen molar-refractivity contribution in [3.63, 3.8) is 0 Å². The maximum Gasteiger partial charge on any atom is 0.305 e. The van der Waals surface area contributed by atoms with Gasteiger partial charge in [0.1, 0.15) is 9.23 Å². The van der Waals surface area contributed by atoms with Crippen LogP contribution >= 0.6 is 34.5 Å². The van der Waals surface area contributed by atoms with Crippen LogP contribution in [-0.4, -0.2) is 25.9 Å². The highest BCUT2D eigenvalue weighted by Gasteiger charge is 2.30. The molecule has 2 N–H and O–H groups in total. The topological polar surface area (TPSA) is 109 Å². The first-order valence-corrected chi connectivity index (χ1v) is 7.43. The zero-order chi connectivity index (χ0) is 12.0. The van der Waals surface area contributed by atoms with Crippen LogP contribution in [0, 0.1) is 0 Å². The van der Waals surface area contributed by atoms with Gasteiger partial charge in [-0.2, -0.15) is 16.8 Å². The van der Waals surface area contributed by atoms with Crippen molar-refractivity contribution in [1.29, 1.82) is 0 Å². The van der Waals surface area contributed by atoms with E-state index in [9.17, 15) is 16.8 Å². The lowest BCUT2D eigenvalue weighted by Gasteiger charge is -1.94. The molecule has 0 saturated carbocycles. The summed E-state index contributed by atoms with van der Waals surface area (Å²) in [5.41, 5.74) is 0. The molecule has 1 aromatic rings. The summed E-state index contributed by atoms with van der Waals surface area (Å²) in [6, 6.07) is 0. The van der Waals surface area contributed by atoms with Crippen LogP contribution in [0.15, 0.2) is 9.10 Å². The summed E-state index contributed by atoms with van der Waals surface area (Å²) in [7, 11) is -9.40. The standard InChI is InChI=1S/C4H2Cl2O6S3/c5-1-2(14(7,8)9)3(6)13-4(1)15(10,11)12/h(H,7,8,9)(H,10,11,12).